The molecular formula is C28H37BrOSi2. The van der Waals surface area contributed by atoms with Crippen LogP contribution in [-0.4, -0.2) is 23.0 Å². The molecular weight excluding hydrogens is 488 g/mol. The smallest absolute Gasteiger partial charge is 0.261 e. The molecule has 0 N–H and O–H groups in total. The minimum absolute atomic E-state index is 0.0112. The van der Waals surface area contributed by atoms with E-state index in [4.69, 9.17) is 4.43 Å². The van der Waals surface area contributed by atoms with Crippen LogP contribution in [0.1, 0.15) is 27.7 Å². The molecule has 1 atom stereocenters. The van der Waals surface area contributed by atoms with Gasteiger partial charge in [0.1, 0.15) is 8.07 Å². The highest BCUT2D eigenvalue weighted by atomic mass is 79.9. The van der Waals surface area contributed by atoms with Gasteiger partial charge in [0, 0.05) is 11.1 Å². The van der Waals surface area contributed by atoms with Gasteiger partial charge in [-0.15, -0.1) is 5.54 Å². The van der Waals surface area contributed by atoms with Crippen LogP contribution in [0.2, 0.25) is 24.7 Å². The number of rotatable bonds is 7. The van der Waals surface area contributed by atoms with E-state index >= 15 is 0 Å². The SMILES string of the molecule is C[C@H](/C=C(Br)/C=C/C#C[Si](C)(C)C)CO[Si](c1ccccc1)(c1ccccc1)C(C)(C)C. The van der Waals surface area contributed by atoms with Crippen LogP contribution in [0, 0.1) is 17.4 Å². The molecule has 0 spiro atoms. The molecule has 0 bridgehead atoms. The molecule has 0 aliphatic rings. The number of allylic oxidation sites excluding steroid dienone is 3. The molecule has 0 aromatic heterocycles. The van der Waals surface area contributed by atoms with Crippen LogP contribution in [0.25, 0.3) is 0 Å². The van der Waals surface area contributed by atoms with E-state index < -0.39 is 16.4 Å². The summed E-state index contributed by atoms with van der Waals surface area (Å²) in [7, 11) is -3.84. The van der Waals surface area contributed by atoms with Crippen molar-refractivity contribution in [3.05, 3.63) is 83.4 Å². The fourth-order valence-electron chi connectivity index (χ4n) is 3.77. The van der Waals surface area contributed by atoms with Gasteiger partial charge in [-0.3, -0.25) is 0 Å². The van der Waals surface area contributed by atoms with Gasteiger partial charge in [-0.25, -0.2) is 0 Å². The van der Waals surface area contributed by atoms with Crippen LogP contribution in [0.4, 0.5) is 0 Å². The second-order valence-electron chi connectivity index (χ2n) is 10.4. The first-order valence-corrected chi connectivity index (χ1v) is 17.5. The van der Waals surface area contributed by atoms with Crippen molar-refractivity contribution in [2.45, 2.75) is 52.4 Å². The maximum atomic E-state index is 7.03. The van der Waals surface area contributed by atoms with Gasteiger partial charge in [0.15, 0.2) is 0 Å². The average molecular weight is 526 g/mol. The molecule has 0 amide bonds. The third kappa shape index (κ3) is 7.45. The maximum Gasteiger partial charge on any atom is 0.261 e. The largest absolute Gasteiger partial charge is 0.407 e. The number of hydrogen-bond acceptors (Lipinski definition) is 1. The summed E-state index contributed by atoms with van der Waals surface area (Å²) in [5.41, 5.74) is 3.36. The van der Waals surface area contributed by atoms with E-state index in [-0.39, 0.29) is 11.0 Å². The molecule has 0 unspecified atom stereocenters. The summed E-state index contributed by atoms with van der Waals surface area (Å²) in [6, 6.07) is 21.6. The first-order valence-electron chi connectivity index (χ1n) is 11.3. The summed E-state index contributed by atoms with van der Waals surface area (Å²) in [6.07, 6.45) is 6.19. The summed E-state index contributed by atoms with van der Waals surface area (Å²) in [5, 5.41) is 2.62. The van der Waals surface area contributed by atoms with E-state index in [1.54, 1.807) is 0 Å². The monoisotopic (exact) mass is 524 g/mol. The Balaban J connectivity index is 2.31. The van der Waals surface area contributed by atoms with Gasteiger partial charge in [0.2, 0.25) is 0 Å². The standard InChI is InChI=1S/C28H37BrOSi2/c1-24(22-25(29)16-14-15-21-31(5,6)7)23-30-32(28(2,3)4,26-17-10-8-11-18-26)27-19-12-9-13-20-27/h8-14,16-20,22,24H,23H2,1-7H3/b16-14+,25-22-/t24-/m1/s1. The van der Waals surface area contributed by atoms with Crippen LogP contribution in [0.15, 0.2) is 83.4 Å². The van der Waals surface area contributed by atoms with E-state index in [0.717, 1.165) is 4.48 Å². The molecule has 1 nitrogen and oxygen atoms in total. The van der Waals surface area contributed by atoms with Gasteiger partial charge in [0.05, 0.1) is 0 Å². The zero-order valence-electron chi connectivity index (χ0n) is 20.6. The number of hydrogen-bond donors (Lipinski definition) is 0. The van der Waals surface area contributed by atoms with Gasteiger partial charge >= 0.3 is 0 Å². The molecule has 4 heteroatoms. The summed E-state index contributed by atoms with van der Waals surface area (Å²) < 4.78 is 8.07. The quantitative estimate of drug-likeness (QED) is 0.217. The molecule has 0 aliphatic carbocycles. The Morgan fingerprint density at radius 2 is 1.47 bits per heavy atom. The third-order valence-electron chi connectivity index (χ3n) is 5.20. The predicted molar refractivity (Wildman–Crippen MR) is 150 cm³/mol. The third-order valence-corrected chi connectivity index (χ3v) is 11.6. The van der Waals surface area contributed by atoms with Crippen LogP contribution in [0.3, 0.4) is 0 Å². The van der Waals surface area contributed by atoms with E-state index in [1.165, 1.54) is 10.4 Å². The molecule has 0 saturated heterocycles. The highest BCUT2D eigenvalue weighted by molar-refractivity contribution is 9.11. The van der Waals surface area contributed by atoms with Crippen LogP contribution in [0.5, 0.6) is 0 Å². The maximum absolute atomic E-state index is 7.03. The van der Waals surface area contributed by atoms with Crippen molar-refractivity contribution in [2.75, 3.05) is 6.61 Å². The van der Waals surface area contributed by atoms with Crippen LogP contribution >= 0.6 is 15.9 Å². The Bertz CT molecular complexity index is 932. The highest BCUT2D eigenvalue weighted by Crippen LogP contribution is 2.37. The summed E-state index contributed by atoms with van der Waals surface area (Å²) >= 11 is 3.68. The van der Waals surface area contributed by atoms with E-state index in [0.29, 0.717) is 6.61 Å². The lowest BCUT2D eigenvalue weighted by molar-refractivity contribution is 0.268. The van der Waals surface area contributed by atoms with Crippen molar-refractivity contribution in [3.63, 3.8) is 0 Å². The van der Waals surface area contributed by atoms with E-state index in [2.05, 4.69) is 141 Å². The van der Waals surface area contributed by atoms with E-state index in [9.17, 15) is 0 Å². The first-order chi connectivity index (χ1) is 15.0. The Hall–Kier alpha value is -1.65. The van der Waals surface area contributed by atoms with Gasteiger partial charge < -0.3 is 4.43 Å². The number of benzene rings is 2. The summed E-state index contributed by atoms with van der Waals surface area (Å²) in [4.78, 5) is 0. The van der Waals surface area contributed by atoms with Crippen molar-refractivity contribution < 1.29 is 4.43 Å². The first kappa shape index (κ1) is 26.6. The molecule has 32 heavy (non-hydrogen) atoms. The molecule has 0 saturated carbocycles. The van der Waals surface area contributed by atoms with Crippen LogP contribution < -0.4 is 10.4 Å². The molecule has 170 valence electrons. The van der Waals surface area contributed by atoms with Crippen molar-refractivity contribution in [3.8, 4) is 11.5 Å². The van der Waals surface area contributed by atoms with E-state index in [1.807, 2.05) is 12.2 Å². The van der Waals surface area contributed by atoms with Gasteiger partial charge in [0.25, 0.3) is 8.32 Å². The highest BCUT2D eigenvalue weighted by Gasteiger charge is 2.50. The van der Waals surface area contributed by atoms with Crippen LogP contribution in [-0.2, 0) is 4.43 Å². The normalized spacial score (nSPS) is 14.2. The Labute approximate surface area is 206 Å². The van der Waals surface area contributed by atoms with Gasteiger partial charge in [-0.1, -0.05) is 136 Å². The lowest BCUT2D eigenvalue weighted by Gasteiger charge is -2.43. The lowest BCUT2D eigenvalue weighted by atomic mass is 10.2. The summed E-state index contributed by atoms with van der Waals surface area (Å²) in [6.45, 7) is 16.6. The molecule has 0 fully saturated rings. The molecule has 2 aromatic carbocycles. The van der Waals surface area contributed by atoms with Crippen molar-refractivity contribution in [1.29, 1.82) is 0 Å². The predicted octanol–water partition coefficient (Wildman–Crippen LogP) is 6.91. The zero-order chi connectivity index (χ0) is 23.8. The fraction of sp³-hybridized carbons (Fsp3) is 0.357. The Kier molecular flexibility index (Phi) is 9.54. The fourth-order valence-corrected chi connectivity index (χ4v) is 9.54. The average Bonchev–Trinajstić information content (AvgIpc) is 2.71. The Morgan fingerprint density at radius 1 is 0.969 bits per heavy atom. The molecule has 0 heterocycles. The van der Waals surface area contributed by atoms with Crippen molar-refractivity contribution in [2.24, 2.45) is 5.92 Å². The molecule has 2 aromatic rings. The van der Waals surface area contributed by atoms with Crippen molar-refractivity contribution >= 4 is 42.7 Å². The second kappa shape index (κ2) is 11.5. The Morgan fingerprint density at radius 3 is 1.91 bits per heavy atom. The second-order valence-corrected chi connectivity index (χ2v) is 20.3. The molecule has 2 rings (SSSR count). The minimum atomic E-state index is -2.50. The zero-order valence-corrected chi connectivity index (χ0v) is 24.2. The van der Waals surface area contributed by atoms with Gasteiger partial charge in [-0.05, 0) is 33.5 Å². The lowest BCUT2D eigenvalue weighted by Crippen LogP contribution is -2.66. The molecule has 0 radical (unpaired) electrons. The van der Waals surface area contributed by atoms with Crippen molar-refractivity contribution in [1.82, 2.24) is 0 Å². The number of halogens is 1. The summed E-state index contributed by atoms with van der Waals surface area (Å²) in [5.74, 6) is 3.45. The van der Waals surface area contributed by atoms with Gasteiger partial charge in [-0.2, -0.15) is 0 Å². The minimum Gasteiger partial charge on any atom is -0.407 e. The topological polar surface area (TPSA) is 9.23 Å². The molecule has 0 aliphatic heterocycles.